The summed E-state index contributed by atoms with van der Waals surface area (Å²) in [5, 5.41) is 9.79. The zero-order chi connectivity index (χ0) is 12.4. The van der Waals surface area contributed by atoms with E-state index in [2.05, 4.69) is 26.8 Å². The highest BCUT2D eigenvalue weighted by Gasteiger charge is 2.32. The average molecular weight is 297 g/mol. The molecule has 0 aliphatic carbocycles. The summed E-state index contributed by atoms with van der Waals surface area (Å²) in [6.45, 7) is 1.08. The van der Waals surface area contributed by atoms with E-state index in [0.717, 1.165) is 4.60 Å². The highest BCUT2D eigenvalue weighted by Crippen LogP contribution is 2.31. The van der Waals surface area contributed by atoms with Gasteiger partial charge in [-0.2, -0.15) is 0 Å². The standard InChI is InChI=1S/C12H13BrN2O2/c1-3-8-6-15(7-9(8)16)12-10(17-2)4-5-11(13)14-12/h1,4-5,8-9,16H,6-7H2,2H3/t8-,9-/m1/s1. The van der Waals surface area contributed by atoms with Crippen molar-refractivity contribution in [1.29, 1.82) is 0 Å². The third-order valence-corrected chi connectivity index (χ3v) is 3.27. The fourth-order valence-electron chi connectivity index (χ4n) is 1.92. The topological polar surface area (TPSA) is 45.6 Å². The van der Waals surface area contributed by atoms with Crippen molar-refractivity contribution in [2.24, 2.45) is 5.92 Å². The number of aliphatic hydroxyl groups excluding tert-OH is 1. The number of nitrogens with zero attached hydrogens (tertiary/aromatic N) is 2. The Morgan fingerprint density at radius 3 is 2.94 bits per heavy atom. The van der Waals surface area contributed by atoms with E-state index < -0.39 is 6.10 Å². The first kappa shape index (κ1) is 12.2. The lowest BCUT2D eigenvalue weighted by Crippen LogP contribution is -2.22. The van der Waals surface area contributed by atoms with Gasteiger partial charge in [0, 0.05) is 13.1 Å². The highest BCUT2D eigenvalue weighted by molar-refractivity contribution is 9.10. The largest absolute Gasteiger partial charge is 0.493 e. The number of rotatable bonds is 2. The number of methoxy groups -OCH3 is 1. The number of halogens is 1. The average Bonchev–Trinajstić information content (AvgIpc) is 2.70. The molecule has 0 spiro atoms. The molecule has 1 saturated heterocycles. The van der Waals surface area contributed by atoms with E-state index in [0.29, 0.717) is 24.7 Å². The molecule has 0 unspecified atom stereocenters. The van der Waals surface area contributed by atoms with Crippen LogP contribution in [0.5, 0.6) is 5.75 Å². The van der Waals surface area contributed by atoms with Crippen LogP contribution in [0.25, 0.3) is 0 Å². The molecule has 1 aliphatic heterocycles. The van der Waals surface area contributed by atoms with E-state index in [1.165, 1.54) is 0 Å². The molecule has 2 rings (SSSR count). The van der Waals surface area contributed by atoms with Gasteiger partial charge in [0.25, 0.3) is 0 Å². The lowest BCUT2D eigenvalue weighted by atomic mass is 10.1. The molecule has 0 saturated carbocycles. The fourth-order valence-corrected chi connectivity index (χ4v) is 2.22. The van der Waals surface area contributed by atoms with Crippen LogP contribution in [0.2, 0.25) is 0 Å². The maximum atomic E-state index is 9.79. The Morgan fingerprint density at radius 1 is 1.59 bits per heavy atom. The molecular formula is C12H13BrN2O2. The molecule has 17 heavy (non-hydrogen) atoms. The summed E-state index contributed by atoms with van der Waals surface area (Å²) in [6, 6.07) is 3.65. The number of anilines is 1. The second-order valence-electron chi connectivity index (χ2n) is 3.91. The predicted octanol–water partition coefficient (Wildman–Crippen LogP) is 1.28. The third kappa shape index (κ3) is 2.38. The molecule has 1 N–H and O–H groups in total. The Morgan fingerprint density at radius 2 is 2.35 bits per heavy atom. The van der Waals surface area contributed by atoms with Gasteiger partial charge in [-0.1, -0.05) is 5.92 Å². The molecule has 1 aromatic heterocycles. The number of hydrogen-bond donors (Lipinski definition) is 1. The zero-order valence-corrected chi connectivity index (χ0v) is 11.0. The number of pyridine rings is 1. The molecule has 2 atom stereocenters. The van der Waals surface area contributed by atoms with Gasteiger partial charge in [0.1, 0.15) is 4.60 Å². The van der Waals surface area contributed by atoms with Crippen molar-refractivity contribution in [3.63, 3.8) is 0 Å². The van der Waals surface area contributed by atoms with Gasteiger partial charge in [0.15, 0.2) is 11.6 Å². The van der Waals surface area contributed by atoms with Crippen molar-refractivity contribution in [3.8, 4) is 18.1 Å². The van der Waals surface area contributed by atoms with Crippen LogP contribution < -0.4 is 9.64 Å². The molecule has 1 fully saturated rings. The Hall–Kier alpha value is -1.25. The lowest BCUT2D eigenvalue weighted by molar-refractivity contribution is 0.172. The van der Waals surface area contributed by atoms with E-state index >= 15 is 0 Å². The summed E-state index contributed by atoms with van der Waals surface area (Å²) >= 11 is 3.32. The van der Waals surface area contributed by atoms with E-state index in [9.17, 15) is 5.11 Å². The smallest absolute Gasteiger partial charge is 0.172 e. The molecule has 4 nitrogen and oxygen atoms in total. The molecule has 90 valence electrons. The first-order valence-electron chi connectivity index (χ1n) is 5.25. The monoisotopic (exact) mass is 296 g/mol. The zero-order valence-electron chi connectivity index (χ0n) is 9.43. The minimum atomic E-state index is -0.509. The van der Waals surface area contributed by atoms with E-state index in [1.807, 2.05) is 17.0 Å². The molecule has 0 radical (unpaired) electrons. The number of β-amino-alcohol motifs (C(OH)–C–C–N with tert-alkyl or cyclic N) is 1. The van der Waals surface area contributed by atoms with Gasteiger partial charge in [0.05, 0.1) is 19.1 Å². The molecular weight excluding hydrogens is 284 g/mol. The van der Waals surface area contributed by atoms with Crippen LogP contribution in [-0.4, -0.2) is 36.4 Å². The van der Waals surface area contributed by atoms with E-state index in [-0.39, 0.29) is 5.92 Å². The second-order valence-corrected chi connectivity index (χ2v) is 4.72. The van der Waals surface area contributed by atoms with Crippen molar-refractivity contribution in [2.45, 2.75) is 6.10 Å². The molecule has 2 heterocycles. The summed E-state index contributed by atoms with van der Waals surface area (Å²) in [6.07, 6.45) is 4.86. The van der Waals surface area contributed by atoms with Crippen LogP contribution >= 0.6 is 15.9 Å². The number of hydrogen-bond acceptors (Lipinski definition) is 4. The lowest BCUT2D eigenvalue weighted by Gasteiger charge is -2.19. The normalized spacial score (nSPS) is 23.5. The van der Waals surface area contributed by atoms with Crippen molar-refractivity contribution in [2.75, 3.05) is 25.1 Å². The number of aliphatic hydroxyl groups is 1. The summed E-state index contributed by atoms with van der Waals surface area (Å²) in [5.41, 5.74) is 0. The van der Waals surface area contributed by atoms with Crippen molar-refractivity contribution in [1.82, 2.24) is 4.98 Å². The minimum Gasteiger partial charge on any atom is -0.493 e. The van der Waals surface area contributed by atoms with Gasteiger partial charge in [-0.25, -0.2) is 4.98 Å². The van der Waals surface area contributed by atoms with Crippen molar-refractivity contribution >= 4 is 21.7 Å². The van der Waals surface area contributed by atoms with E-state index in [4.69, 9.17) is 11.2 Å². The fraction of sp³-hybridized carbons (Fsp3) is 0.417. The maximum Gasteiger partial charge on any atom is 0.172 e. The van der Waals surface area contributed by atoms with Crippen LogP contribution in [0.4, 0.5) is 5.82 Å². The molecule has 0 bridgehead atoms. The Labute approximate surface area is 109 Å². The summed E-state index contributed by atoms with van der Waals surface area (Å²) < 4.78 is 5.99. The maximum absolute atomic E-state index is 9.79. The van der Waals surface area contributed by atoms with Crippen LogP contribution in [0, 0.1) is 18.3 Å². The number of aromatic nitrogens is 1. The molecule has 0 amide bonds. The van der Waals surface area contributed by atoms with E-state index in [1.54, 1.807) is 7.11 Å². The van der Waals surface area contributed by atoms with Crippen LogP contribution in [-0.2, 0) is 0 Å². The first-order chi connectivity index (χ1) is 8.15. The molecule has 1 aromatic rings. The first-order valence-corrected chi connectivity index (χ1v) is 6.04. The van der Waals surface area contributed by atoms with Gasteiger partial charge >= 0.3 is 0 Å². The Bertz CT molecular complexity index is 458. The minimum absolute atomic E-state index is 0.152. The molecule has 1 aliphatic rings. The number of ether oxygens (including phenoxy) is 1. The van der Waals surface area contributed by atoms with Gasteiger partial charge in [0.2, 0.25) is 0 Å². The van der Waals surface area contributed by atoms with Crippen LogP contribution in [0.1, 0.15) is 0 Å². The van der Waals surface area contributed by atoms with Gasteiger partial charge in [-0.05, 0) is 28.1 Å². The van der Waals surface area contributed by atoms with Crippen LogP contribution in [0.3, 0.4) is 0 Å². The van der Waals surface area contributed by atoms with Crippen LogP contribution in [0.15, 0.2) is 16.7 Å². The van der Waals surface area contributed by atoms with Gasteiger partial charge < -0.3 is 14.7 Å². The van der Waals surface area contributed by atoms with Gasteiger partial charge in [-0.3, -0.25) is 0 Å². The molecule has 0 aromatic carbocycles. The van der Waals surface area contributed by atoms with Gasteiger partial charge in [-0.15, -0.1) is 6.42 Å². The molecule has 5 heteroatoms. The third-order valence-electron chi connectivity index (χ3n) is 2.83. The summed E-state index contributed by atoms with van der Waals surface area (Å²) in [5.74, 6) is 3.83. The quantitative estimate of drug-likeness (QED) is 0.660. The SMILES string of the molecule is C#C[C@@H]1CN(c2nc(Br)ccc2OC)C[C@H]1O. The predicted molar refractivity (Wildman–Crippen MR) is 69.0 cm³/mol. The van der Waals surface area contributed by atoms with Crippen molar-refractivity contribution < 1.29 is 9.84 Å². The number of terminal acetylenes is 1. The highest BCUT2D eigenvalue weighted by atomic mass is 79.9. The summed E-state index contributed by atoms with van der Waals surface area (Å²) in [7, 11) is 1.60. The van der Waals surface area contributed by atoms with Crippen molar-refractivity contribution in [3.05, 3.63) is 16.7 Å². The second kappa shape index (κ2) is 4.94. The Balaban J connectivity index is 2.29. The summed E-state index contributed by atoms with van der Waals surface area (Å²) in [4.78, 5) is 6.31. The Kier molecular flexibility index (Phi) is 3.55.